The summed E-state index contributed by atoms with van der Waals surface area (Å²) in [7, 11) is 3.24. The summed E-state index contributed by atoms with van der Waals surface area (Å²) >= 11 is 0. The van der Waals surface area contributed by atoms with Crippen LogP contribution in [0.15, 0.2) is 15.9 Å². The molecule has 8 heteroatoms. The average molecular weight is 333 g/mol. The van der Waals surface area contributed by atoms with Crippen molar-refractivity contribution >= 4 is 17.1 Å². The molecule has 1 aliphatic rings. The zero-order chi connectivity index (χ0) is 17.4. The number of fused-ring (bicyclic) bond motifs is 1. The molecular formula is C16H23N5O3. The third-order valence-corrected chi connectivity index (χ3v) is 4.80. The predicted molar refractivity (Wildman–Crippen MR) is 89.8 cm³/mol. The molecule has 1 amide bonds. The summed E-state index contributed by atoms with van der Waals surface area (Å²) in [6, 6.07) is 0.126. The fourth-order valence-electron chi connectivity index (χ4n) is 3.52. The van der Waals surface area contributed by atoms with E-state index in [0.29, 0.717) is 17.1 Å². The van der Waals surface area contributed by atoms with Crippen molar-refractivity contribution in [1.82, 2.24) is 24.0 Å². The standard InChI is InChI=1S/C16H23N5O3/c1-10-5-4-6-11(7-10)18-12(22)8-21-15(23)13-14(17-9-19(13)2)20(3)16(21)24/h9-11H,4-8H2,1-3H3,(H,18,22). The topological polar surface area (TPSA) is 90.9 Å². The van der Waals surface area contributed by atoms with E-state index >= 15 is 0 Å². The highest BCUT2D eigenvalue weighted by atomic mass is 16.2. The molecule has 2 atom stereocenters. The number of carbonyl (C=O) groups is 1. The van der Waals surface area contributed by atoms with Gasteiger partial charge < -0.3 is 9.88 Å². The Morgan fingerprint density at radius 1 is 1.33 bits per heavy atom. The van der Waals surface area contributed by atoms with Gasteiger partial charge in [0.05, 0.1) is 6.33 Å². The van der Waals surface area contributed by atoms with E-state index < -0.39 is 11.2 Å². The lowest BCUT2D eigenvalue weighted by Gasteiger charge is -2.27. The molecule has 2 aromatic heterocycles. The molecule has 3 rings (SSSR count). The summed E-state index contributed by atoms with van der Waals surface area (Å²) in [5.74, 6) is 0.292. The van der Waals surface area contributed by atoms with Gasteiger partial charge in [-0.15, -0.1) is 0 Å². The van der Waals surface area contributed by atoms with E-state index in [9.17, 15) is 14.4 Å². The first-order valence-electron chi connectivity index (χ1n) is 8.28. The molecule has 1 fully saturated rings. The molecule has 0 aliphatic heterocycles. The minimum Gasteiger partial charge on any atom is -0.352 e. The number of aryl methyl sites for hydroxylation is 2. The van der Waals surface area contributed by atoms with Crippen molar-refractivity contribution in [2.45, 2.75) is 45.2 Å². The summed E-state index contributed by atoms with van der Waals surface area (Å²) in [5.41, 5.74) is -0.375. The third kappa shape index (κ3) is 2.88. The van der Waals surface area contributed by atoms with E-state index in [1.54, 1.807) is 18.7 Å². The van der Waals surface area contributed by atoms with Crippen LogP contribution in [0.3, 0.4) is 0 Å². The van der Waals surface area contributed by atoms with Gasteiger partial charge in [0.15, 0.2) is 11.2 Å². The number of rotatable bonds is 3. The number of nitrogens with zero attached hydrogens (tertiary/aromatic N) is 4. The predicted octanol–water partition coefficient (Wildman–Crippen LogP) is 0.129. The van der Waals surface area contributed by atoms with Crippen LogP contribution in [0, 0.1) is 5.92 Å². The van der Waals surface area contributed by atoms with Gasteiger partial charge in [0.2, 0.25) is 5.91 Å². The van der Waals surface area contributed by atoms with Gasteiger partial charge in [-0.1, -0.05) is 19.8 Å². The molecule has 0 spiro atoms. The van der Waals surface area contributed by atoms with E-state index in [1.807, 2.05) is 0 Å². The fourth-order valence-corrected chi connectivity index (χ4v) is 3.52. The molecule has 130 valence electrons. The van der Waals surface area contributed by atoms with E-state index in [4.69, 9.17) is 0 Å². The Labute approximate surface area is 139 Å². The van der Waals surface area contributed by atoms with Crippen molar-refractivity contribution in [3.05, 3.63) is 27.2 Å². The number of hydrogen-bond acceptors (Lipinski definition) is 4. The molecular weight excluding hydrogens is 310 g/mol. The summed E-state index contributed by atoms with van der Waals surface area (Å²) in [6.45, 7) is 1.91. The van der Waals surface area contributed by atoms with Gasteiger partial charge in [-0.25, -0.2) is 14.3 Å². The Morgan fingerprint density at radius 3 is 2.79 bits per heavy atom. The van der Waals surface area contributed by atoms with Crippen LogP contribution < -0.4 is 16.6 Å². The molecule has 0 bridgehead atoms. The summed E-state index contributed by atoms with van der Waals surface area (Å²) < 4.78 is 3.84. The Balaban J connectivity index is 1.87. The van der Waals surface area contributed by atoms with Crippen LogP contribution >= 0.6 is 0 Å². The van der Waals surface area contributed by atoms with E-state index in [1.165, 1.54) is 17.3 Å². The summed E-state index contributed by atoms with van der Waals surface area (Å²) in [6.07, 6.45) is 5.65. The van der Waals surface area contributed by atoms with Crippen LogP contribution in [0.2, 0.25) is 0 Å². The molecule has 1 N–H and O–H groups in total. The average Bonchev–Trinajstić information content (AvgIpc) is 2.91. The highest BCUT2D eigenvalue weighted by Gasteiger charge is 2.22. The molecule has 8 nitrogen and oxygen atoms in total. The first-order valence-corrected chi connectivity index (χ1v) is 8.28. The van der Waals surface area contributed by atoms with Crippen LogP contribution in [0.4, 0.5) is 0 Å². The second-order valence-electron chi connectivity index (χ2n) is 6.80. The van der Waals surface area contributed by atoms with Gasteiger partial charge in [-0.2, -0.15) is 0 Å². The zero-order valence-corrected chi connectivity index (χ0v) is 14.3. The van der Waals surface area contributed by atoms with Crippen LogP contribution in [-0.4, -0.2) is 30.6 Å². The minimum atomic E-state index is -0.529. The molecule has 0 aromatic carbocycles. The third-order valence-electron chi connectivity index (χ3n) is 4.80. The van der Waals surface area contributed by atoms with Crippen LogP contribution in [0.25, 0.3) is 11.2 Å². The van der Waals surface area contributed by atoms with Crippen LogP contribution in [-0.2, 0) is 25.4 Å². The lowest BCUT2D eigenvalue weighted by molar-refractivity contribution is -0.122. The molecule has 2 aromatic rings. The highest BCUT2D eigenvalue weighted by molar-refractivity contribution is 5.77. The maximum Gasteiger partial charge on any atom is 0.332 e. The number of hydrogen-bond donors (Lipinski definition) is 1. The number of amides is 1. The number of carbonyl (C=O) groups excluding carboxylic acids is 1. The first kappa shape index (κ1) is 16.5. The SMILES string of the molecule is CC1CCCC(NC(=O)Cn2c(=O)c3c(ncn3C)n(C)c2=O)C1. The highest BCUT2D eigenvalue weighted by Crippen LogP contribution is 2.23. The van der Waals surface area contributed by atoms with Crippen molar-refractivity contribution in [3.63, 3.8) is 0 Å². The Hall–Kier alpha value is -2.38. The van der Waals surface area contributed by atoms with E-state index in [0.717, 1.165) is 23.8 Å². The van der Waals surface area contributed by atoms with Crippen molar-refractivity contribution in [2.75, 3.05) is 0 Å². The van der Waals surface area contributed by atoms with E-state index in [2.05, 4.69) is 17.2 Å². The normalized spacial score (nSPS) is 21.1. The summed E-state index contributed by atoms with van der Waals surface area (Å²) in [4.78, 5) is 41.4. The minimum absolute atomic E-state index is 0.126. The molecule has 2 unspecified atom stereocenters. The lowest BCUT2D eigenvalue weighted by atomic mass is 9.87. The Kier molecular flexibility index (Phi) is 4.29. The fraction of sp³-hybridized carbons (Fsp3) is 0.625. The monoisotopic (exact) mass is 333 g/mol. The van der Waals surface area contributed by atoms with Gasteiger partial charge in [0, 0.05) is 20.1 Å². The smallest absolute Gasteiger partial charge is 0.332 e. The molecule has 0 saturated heterocycles. The number of imidazole rings is 1. The number of aromatic nitrogens is 4. The second kappa shape index (κ2) is 6.26. The van der Waals surface area contributed by atoms with Gasteiger partial charge in [-0.05, 0) is 18.8 Å². The lowest BCUT2D eigenvalue weighted by Crippen LogP contribution is -2.46. The Bertz CT molecular complexity index is 891. The van der Waals surface area contributed by atoms with Gasteiger partial charge in [0.1, 0.15) is 6.54 Å². The first-order chi connectivity index (χ1) is 11.4. The van der Waals surface area contributed by atoms with Crippen LogP contribution in [0.5, 0.6) is 0 Å². The van der Waals surface area contributed by atoms with Crippen molar-refractivity contribution in [3.8, 4) is 0 Å². The molecule has 24 heavy (non-hydrogen) atoms. The number of nitrogens with one attached hydrogen (secondary N) is 1. The maximum atomic E-state index is 12.6. The van der Waals surface area contributed by atoms with Crippen molar-refractivity contribution < 1.29 is 4.79 Å². The van der Waals surface area contributed by atoms with Gasteiger partial charge >= 0.3 is 5.69 Å². The van der Waals surface area contributed by atoms with Gasteiger partial charge in [-0.3, -0.25) is 14.2 Å². The quantitative estimate of drug-likeness (QED) is 0.864. The Morgan fingerprint density at radius 2 is 2.08 bits per heavy atom. The molecule has 1 aliphatic carbocycles. The second-order valence-corrected chi connectivity index (χ2v) is 6.80. The molecule has 2 heterocycles. The zero-order valence-electron chi connectivity index (χ0n) is 14.3. The largest absolute Gasteiger partial charge is 0.352 e. The van der Waals surface area contributed by atoms with Crippen molar-refractivity contribution in [2.24, 2.45) is 20.0 Å². The summed E-state index contributed by atoms with van der Waals surface area (Å²) in [5, 5.41) is 2.96. The van der Waals surface area contributed by atoms with Gasteiger partial charge in [0.25, 0.3) is 5.56 Å². The van der Waals surface area contributed by atoms with Crippen molar-refractivity contribution in [1.29, 1.82) is 0 Å². The molecule has 0 radical (unpaired) electrons. The maximum absolute atomic E-state index is 12.6. The van der Waals surface area contributed by atoms with E-state index in [-0.39, 0.29) is 18.5 Å². The van der Waals surface area contributed by atoms with Crippen LogP contribution in [0.1, 0.15) is 32.6 Å². The molecule has 1 saturated carbocycles.